The molecule has 0 radical (unpaired) electrons. The molecule has 0 spiro atoms. The molecule has 0 bridgehead atoms. The summed E-state index contributed by atoms with van der Waals surface area (Å²) < 4.78 is 6.29. The van der Waals surface area contributed by atoms with Crippen molar-refractivity contribution in [1.82, 2.24) is 9.78 Å². The normalized spacial score (nSPS) is 11.6. The van der Waals surface area contributed by atoms with E-state index in [1.54, 1.807) is 0 Å². The molecule has 1 aromatic heterocycles. The number of aliphatic imine (C=N–C) groups is 1. The maximum atomic E-state index is 13.3. The Hall–Kier alpha value is -4.19. The lowest BCUT2D eigenvalue weighted by molar-refractivity contribution is -0.139. The molecule has 0 unspecified atom stereocenters. The number of esters is 1. The van der Waals surface area contributed by atoms with Gasteiger partial charge in [0.05, 0.1) is 30.5 Å². The van der Waals surface area contributed by atoms with Crippen molar-refractivity contribution >= 4 is 11.7 Å². The summed E-state index contributed by atoms with van der Waals surface area (Å²) in [6.07, 6.45) is 0.749. The van der Waals surface area contributed by atoms with E-state index in [1.165, 1.54) is 22.9 Å². The van der Waals surface area contributed by atoms with Gasteiger partial charge in [0.15, 0.2) is 0 Å². The van der Waals surface area contributed by atoms with Crippen LogP contribution in [0.1, 0.15) is 41.6 Å². The summed E-state index contributed by atoms with van der Waals surface area (Å²) in [7, 11) is 1.34. The highest BCUT2D eigenvalue weighted by molar-refractivity contribution is 6.00. The van der Waals surface area contributed by atoms with Crippen LogP contribution in [0.15, 0.2) is 101 Å². The van der Waals surface area contributed by atoms with E-state index in [2.05, 4.69) is 29.4 Å². The van der Waals surface area contributed by atoms with Gasteiger partial charge in [-0.1, -0.05) is 78.9 Å². The van der Waals surface area contributed by atoms with Crippen molar-refractivity contribution in [2.24, 2.45) is 4.99 Å². The first-order valence-electron chi connectivity index (χ1n) is 11.7. The Labute approximate surface area is 204 Å². The Morgan fingerprint density at radius 1 is 0.914 bits per heavy atom. The summed E-state index contributed by atoms with van der Waals surface area (Å²) in [5, 5.41) is 3.09. The fourth-order valence-electron chi connectivity index (χ4n) is 4.30. The molecule has 0 fully saturated rings. The highest BCUT2D eigenvalue weighted by Gasteiger charge is 2.20. The monoisotopic (exact) mass is 467 g/mol. The van der Waals surface area contributed by atoms with E-state index in [1.807, 2.05) is 73.7 Å². The van der Waals surface area contributed by atoms with Gasteiger partial charge in [-0.25, -0.2) is 4.68 Å². The Kier molecular flexibility index (Phi) is 7.73. The average molecular weight is 468 g/mol. The third-order valence-electron chi connectivity index (χ3n) is 6.06. The van der Waals surface area contributed by atoms with Gasteiger partial charge in [0.2, 0.25) is 0 Å². The zero-order valence-electron chi connectivity index (χ0n) is 20.0. The van der Waals surface area contributed by atoms with Crippen molar-refractivity contribution in [3.8, 4) is 5.69 Å². The SMILES string of the molecule is COC(=O)Cc1[nH]n(-c2ccccc2)c(=O)c1C(C)=NCCC(c1ccccc1)c1ccccc1. The second-order valence-corrected chi connectivity index (χ2v) is 8.32. The number of aromatic nitrogens is 2. The lowest BCUT2D eigenvalue weighted by atomic mass is 9.88. The Morgan fingerprint density at radius 3 is 2.00 bits per heavy atom. The Balaban J connectivity index is 1.63. The van der Waals surface area contributed by atoms with E-state index in [9.17, 15) is 9.59 Å². The van der Waals surface area contributed by atoms with Gasteiger partial charge in [-0.2, -0.15) is 0 Å². The van der Waals surface area contributed by atoms with E-state index in [0.717, 1.165) is 6.42 Å². The molecule has 3 aromatic carbocycles. The summed E-state index contributed by atoms with van der Waals surface area (Å²) in [5.41, 5.74) is 4.41. The molecule has 178 valence electrons. The van der Waals surface area contributed by atoms with Gasteiger partial charge in [0, 0.05) is 18.2 Å². The van der Waals surface area contributed by atoms with Gasteiger partial charge in [0.1, 0.15) is 0 Å². The molecule has 6 nitrogen and oxygen atoms in total. The number of nitrogens with zero attached hydrogens (tertiary/aromatic N) is 2. The number of ether oxygens (including phenoxy) is 1. The van der Waals surface area contributed by atoms with Crippen molar-refractivity contribution in [1.29, 1.82) is 0 Å². The number of H-pyrrole nitrogens is 1. The molecule has 1 N–H and O–H groups in total. The van der Waals surface area contributed by atoms with Crippen LogP contribution in [0.4, 0.5) is 0 Å². The van der Waals surface area contributed by atoms with Gasteiger partial charge in [-0.3, -0.25) is 19.7 Å². The van der Waals surface area contributed by atoms with Crippen LogP contribution in [0, 0.1) is 0 Å². The van der Waals surface area contributed by atoms with Crippen molar-refractivity contribution in [3.05, 3.63) is 124 Å². The Bertz CT molecular complexity index is 1300. The quantitative estimate of drug-likeness (QED) is 0.281. The number of rotatable bonds is 9. The lowest BCUT2D eigenvalue weighted by Crippen LogP contribution is -2.20. The van der Waals surface area contributed by atoms with Gasteiger partial charge < -0.3 is 4.74 Å². The standard InChI is InChI=1S/C29H29N3O3/c1-21(30-19-18-25(22-12-6-3-7-13-22)23-14-8-4-9-15-23)28-26(20-27(33)35-2)31-32(29(28)34)24-16-10-5-11-17-24/h3-17,25,31H,18-20H2,1-2H3. The first-order valence-corrected chi connectivity index (χ1v) is 11.7. The lowest BCUT2D eigenvalue weighted by Gasteiger charge is -2.17. The molecule has 0 atom stereocenters. The maximum Gasteiger partial charge on any atom is 0.311 e. The second-order valence-electron chi connectivity index (χ2n) is 8.32. The number of methoxy groups -OCH3 is 1. The molecular formula is C29H29N3O3. The third kappa shape index (κ3) is 5.66. The number of benzene rings is 3. The maximum absolute atomic E-state index is 13.3. The van der Waals surface area contributed by atoms with Crippen molar-refractivity contribution in [3.63, 3.8) is 0 Å². The van der Waals surface area contributed by atoms with E-state index in [-0.39, 0.29) is 17.9 Å². The molecule has 6 heteroatoms. The topological polar surface area (TPSA) is 76.5 Å². The van der Waals surface area contributed by atoms with Crippen LogP contribution in [0.5, 0.6) is 0 Å². The highest BCUT2D eigenvalue weighted by atomic mass is 16.5. The number of aromatic amines is 1. The molecule has 4 rings (SSSR count). The molecule has 4 aromatic rings. The number of carbonyl (C=O) groups excluding carboxylic acids is 1. The summed E-state index contributed by atoms with van der Waals surface area (Å²) in [6.45, 7) is 2.36. The second kappa shape index (κ2) is 11.3. The van der Waals surface area contributed by atoms with Crippen molar-refractivity contribution in [2.75, 3.05) is 13.7 Å². The Morgan fingerprint density at radius 2 is 1.46 bits per heavy atom. The summed E-state index contributed by atoms with van der Waals surface area (Å²) in [6, 6.07) is 30.0. The molecule has 0 aliphatic carbocycles. The minimum atomic E-state index is -0.422. The molecule has 0 aliphatic heterocycles. The minimum absolute atomic E-state index is 0.0373. The van der Waals surface area contributed by atoms with Crippen LogP contribution in [0.25, 0.3) is 5.69 Å². The van der Waals surface area contributed by atoms with Crippen LogP contribution in [0.2, 0.25) is 0 Å². The number of carbonyl (C=O) groups is 1. The molecule has 0 saturated carbocycles. The van der Waals surface area contributed by atoms with E-state index < -0.39 is 5.97 Å². The van der Waals surface area contributed by atoms with Crippen molar-refractivity contribution < 1.29 is 9.53 Å². The van der Waals surface area contributed by atoms with Crippen LogP contribution >= 0.6 is 0 Å². The van der Waals surface area contributed by atoms with Crippen LogP contribution < -0.4 is 5.56 Å². The van der Waals surface area contributed by atoms with E-state index in [4.69, 9.17) is 9.73 Å². The largest absolute Gasteiger partial charge is 0.469 e. The zero-order valence-corrected chi connectivity index (χ0v) is 20.0. The molecule has 0 saturated heterocycles. The third-order valence-corrected chi connectivity index (χ3v) is 6.06. The minimum Gasteiger partial charge on any atom is -0.469 e. The van der Waals surface area contributed by atoms with E-state index in [0.29, 0.717) is 29.2 Å². The van der Waals surface area contributed by atoms with Gasteiger partial charge in [-0.15, -0.1) is 0 Å². The molecule has 1 heterocycles. The fourth-order valence-corrected chi connectivity index (χ4v) is 4.30. The molecule has 0 aliphatic rings. The molecular weight excluding hydrogens is 438 g/mol. The smallest absolute Gasteiger partial charge is 0.311 e. The number of hydrogen-bond donors (Lipinski definition) is 1. The molecule has 0 amide bonds. The van der Waals surface area contributed by atoms with Gasteiger partial charge in [-0.05, 0) is 36.6 Å². The van der Waals surface area contributed by atoms with E-state index >= 15 is 0 Å². The first-order chi connectivity index (χ1) is 17.1. The number of nitrogens with one attached hydrogen (secondary N) is 1. The first kappa shape index (κ1) is 24.0. The predicted octanol–water partition coefficient (Wildman–Crippen LogP) is 4.91. The van der Waals surface area contributed by atoms with Crippen LogP contribution in [0.3, 0.4) is 0 Å². The summed E-state index contributed by atoms with van der Waals surface area (Å²) >= 11 is 0. The summed E-state index contributed by atoms with van der Waals surface area (Å²) in [4.78, 5) is 30.2. The van der Waals surface area contributed by atoms with Crippen LogP contribution in [-0.2, 0) is 16.0 Å². The average Bonchev–Trinajstić information content (AvgIpc) is 3.23. The highest BCUT2D eigenvalue weighted by Crippen LogP contribution is 2.28. The summed E-state index contributed by atoms with van der Waals surface area (Å²) in [5.74, 6) is -0.232. The zero-order chi connectivity index (χ0) is 24.6. The number of hydrogen-bond acceptors (Lipinski definition) is 4. The van der Waals surface area contributed by atoms with Gasteiger partial charge >= 0.3 is 5.97 Å². The van der Waals surface area contributed by atoms with Crippen molar-refractivity contribution in [2.45, 2.75) is 25.7 Å². The van der Waals surface area contributed by atoms with Gasteiger partial charge in [0.25, 0.3) is 5.56 Å². The number of para-hydroxylation sites is 1. The fraction of sp³-hybridized carbons (Fsp3) is 0.207. The molecule has 35 heavy (non-hydrogen) atoms. The van der Waals surface area contributed by atoms with Crippen LogP contribution in [-0.4, -0.2) is 35.1 Å². The predicted molar refractivity (Wildman–Crippen MR) is 139 cm³/mol.